The Labute approximate surface area is 273 Å². The fourth-order valence-corrected chi connectivity index (χ4v) is 8.05. The second kappa shape index (κ2) is 10.5. The quantitative estimate of drug-likeness (QED) is 0.0943. The first-order valence-electron chi connectivity index (χ1n) is 14.8. The molecule has 3 aromatic carbocycles. The number of anilines is 1. The first-order valence-corrected chi connectivity index (χ1v) is 16.7. The van der Waals surface area contributed by atoms with E-state index >= 15 is 0 Å². The third kappa shape index (κ3) is 4.30. The van der Waals surface area contributed by atoms with Crippen LogP contribution in [0.3, 0.4) is 0 Å². The molecule has 0 fully saturated rings. The molecule has 0 saturated heterocycles. The minimum atomic E-state index is -1.09. The van der Waals surface area contributed by atoms with E-state index in [1.807, 2.05) is 101 Å². The number of rotatable bonds is 7. The number of nitrogens with one attached hydrogen (secondary N) is 2. The Hall–Kier alpha value is -5.12. The molecular weight excluding hydrogens is 617 g/mol. The van der Waals surface area contributed by atoms with Crippen molar-refractivity contribution in [2.24, 2.45) is 0 Å². The molecule has 8 rings (SSSR count). The van der Waals surface area contributed by atoms with Gasteiger partial charge in [0.15, 0.2) is 0 Å². The van der Waals surface area contributed by atoms with Crippen LogP contribution >= 0.6 is 22.7 Å². The van der Waals surface area contributed by atoms with Gasteiger partial charge in [0.2, 0.25) is 23.6 Å². The van der Waals surface area contributed by atoms with Gasteiger partial charge in [0, 0.05) is 34.1 Å². The highest BCUT2D eigenvalue weighted by Gasteiger charge is 2.42. The Morgan fingerprint density at radius 1 is 1.02 bits per heavy atom. The molecule has 2 unspecified atom stereocenters. The Kier molecular flexibility index (Phi) is 6.46. The highest BCUT2D eigenvalue weighted by Crippen LogP contribution is 2.50. The first-order chi connectivity index (χ1) is 22.3. The SMILES string of the molecule is CC(NC=O)(Oc1cccc2c1C/C(=C1\C(=O)C(c3ccc4cccc5c4c3NC(C)(c3ccsc3)O5)=C1O)C=C2)c1ccsc1. The number of carbonyl (C=O) groups is 2. The lowest BCUT2D eigenvalue weighted by Gasteiger charge is -2.39. The summed E-state index contributed by atoms with van der Waals surface area (Å²) in [4.78, 5) is 25.5. The van der Waals surface area contributed by atoms with Crippen molar-refractivity contribution in [2.75, 3.05) is 5.32 Å². The second-order valence-electron chi connectivity index (χ2n) is 11.8. The van der Waals surface area contributed by atoms with Gasteiger partial charge in [0.1, 0.15) is 17.3 Å². The van der Waals surface area contributed by atoms with Gasteiger partial charge in [-0.1, -0.05) is 48.6 Å². The molecule has 3 aliphatic rings. The molecule has 7 nitrogen and oxygen atoms in total. The lowest BCUT2D eigenvalue weighted by molar-refractivity contribution is -0.115. The van der Waals surface area contributed by atoms with Crippen LogP contribution in [-0.4, -0.2) is 17.3 Å². The van der Waals surface area contributed by atoms with E-state index in [4.69, 9.17) is 9.47 Å². The van der Waals surface area contributed by atoms with Crippen LogP contribution in [0.1, 0.15) is 41.7 Å². The molecule has 9 heteroatoms. The van der Waals surface area contributed by atoms with E-state index in [0.717, 1.165) is 38.7 Å². The van der Waals surface area contributed by atoms with Crippen LogP contribution in [0.15, 0.2) is 105 Å². The van der Waals surface area contributed by atoms with E-state index in [9.17, 15) is 14.7 Å². The Bertz CT molecular complexity index is 2160. The molecule has 3 heterocycles. The molecule has 1 amide bonds. The Morgan fingerprint density at radius 3 is 2.61 bits per heavy atom. The van der Waals surface area contributed by atoms with Crippen molar-refractivity contribution in [3.8, 4) is 11.5 Å². The van der Waals surface area contributed by atoms with Crippen LogP contribution in [0.5, 0.6) is 11.5 Å². The van der Waals surface area contributed by atoms with Crippen LogP contribution < -0.4 is 20.1 Å². The van der Waals surface area contributed by atoms with Gasteiger partial charge in [-0.05, 0) is 76.2 Å². The average molecular weight is 645 g/mol. The van der Waals surface area contributed by atoms with Crippen molar-refractivity contribution in [1.82, 2.24) is 5.32 Å². The summed E-state index contributed by atoms with van der Waals surface area (Å²) >= 11 is 3.10. The normalized spacial score (nSPS) is 21.1. The Balaban J connectivity index is 1.19. The number of hydrogen-bond acceptors (Lipinski definition) is 8. The predicted molar refractivity (Wildman–Crippen MR) is 182 cm³/mol. The van der Waals surface area contributed by atoms with Gasteiger partial charge in [-0.2, -0.15) is 22.7 Å². The number of Topliss-reactive ketones (excluding diaryl/α,β-unsaturated/α-hetero) is 1. The monoisotopic (exact) mass is 644 g/mol. The first kappa shape index (κ1) is 28.4. The molecule has 228 valence electrons. The third-order valence-electron chi connectivity index (χ3n) is 9.00. The van der Waals surface area contributed by atoms with Crippen LogP contribution in [0.2, 0.25) is 0 Å². The number of hydrogen-bond donors (Lipinski definition) is 3. The number of benzene rings is 3. The molecule has 0 radical (unpaired) electrons. The molecule has 0 spiro atoms. The van der Waals surface area contributed by atoms with Crippen LogP contribution in [-0.2, 0) is 27.5 Å². The average Bonchev–Trinajstić information content (AvgIpc) is 3.79. The number of thiophene rings is 2. The van der Waals surface area contributed by atoms with E-state index in [0.29, 0.717) is 41.0 Å². The summed E-state index contributed by atoms with van der Waals surface area (Å²) in [6, 6.07) is 19.4. The van der Waals surface area contributed by atoms with E-state index < -0.39 is 11.4 Å². The Morgan fingerprint density at radius 2 is 1.85 bits per heavy atom. The van der Waals surface area contributed by atoms with Crippen LogP contribution in [0.25, 0.3) is 22.4 Å². The van der Waals surface area contributed by atoms with Gasteiger partial charge in [0.05, 0.1) is 16.8 Å². The summed E-state index contributed by atoms with van der Waals surface area (Å²) in [5.41, 5.74) is 4.32. The van der Waals surface area contributed by atoms with Crippen molar-refractivity contribution in [3.05, 3.63) is 133 Å². The molecule has 1 aliphatic heterocycles. The maximum absolute atomic E-state index is 14.0. The van der Waals surface area contributed by atoms with Gasteiger partial charge in [-0.15, -0.1) is 0 Å². The maximum Gasteiger partial charge on any atom is 0.210 e. The number of ether oxygens (including phenoxy) is 2. The lowest BCUT2D eigenvalue weighted by atomic mass is 9.77. The number of allylic oxidation sites excluding steroid dienone is 4. The molecular formula is C37H28N2O5S2. The summed E-state index contributed by atoms with van der Waals surface area (Å²) in [6.07, 6.45) is 4.82. The standard InChI is InChI=1S/C37H28N2O5S2/c1-36(38-20-40,24-13-15-45-18-24)43-28-7-3-5-21-9-10-23(17-27(21)28)31-34(41)32(35(31)42)26-12-11-22-6-4-8-29-30(22)33(26)39-37(2,44-29)25-14-16-46-19-25/h3-16,18-20,39,41H,17H2,1-2H3,(H,38,40)/b31-23-. The van der Waals surface area contributed by atoms with Gasteiger partial charge in [-0.3, -0.25) is 9.59 Å². The number of aliphatic hydroxyl groups excluding tert-OH is 1. The summed E-state index contributed by atoms with van der Waals surface area (Å²) in [5.74, 6) is 1.05. The van der Waals surface area contributed by atoms with Gasteiger partial charge in [-0.25, -0.2) is 0 Å². The van der Waals surface area contributed by atoms with Crippen molar-refractivity contribution in [1.29, 1.82) is 0 Å². The summed E-state index contributed by atoms with van der Waals surface area (Å²) < 4.78 is 13.0. The van der Waals surface area contributed by atoms with Crippen molar-refractivity contribution in [3.63, 3.8) is 0 Å². The molecule has 46 heavy (non-hydrogen) atoms. The van der Waals surface area contributed by atoms with Crippen LogP contribution in [0, 0.1) is 0 Å². The summed E-state index contributed by atoms with van der Waals surface area (Å²) in [7, 11) is 0. The summed E-state index contributed by atoms with van der Waals surface area (Å²) in [6.45, 7) is 3.77. The van der Waals surface area contributed by atoms with E-state index in [-0.39, 0.29) is 17.1 Å². The highest BCUT2D eigenvalue weighted by molar-refractivity contribution is 7.08. The third-order valence-corrected chi connectivity index (χ3v) is 10.4. The maximum atomic E-state index is 14.0. The van der Waals surface area contributed by atoms with Crippen molar-refractivity contribution >= 4 is 63.0 Å². The zero-order valence-corrected chi connectivity index (χ0v) is 26.6. The zero-order chi connectivity index (χ0) is 31.6. The zero-order valence-electron chi connectivity index (χ0n) is 24.9. The van der Waals surface area contributed by atoms with Crippen molar-refractivity contribution < 1.29 is 24.2 Å². The fourth-order valence-electron chi connectivity index (χ4n) is 6.55. The predicted octanol–water partition coefficient (Wildman–Crippen LogP) is 8.06. The number of carbonyl (C=O) groups excluding carboxylic acids is 2. The van der Waals surface area contributed by atoms with E-state index in [1.165, 1.54) is 11.3 Å². The van der Waals surface area contributed by atoms with Gasteiger partial charge in [0.25, 0.3) is 0 Å². The number of amides is 1. The number of aliphatic hydroxyl groups is 1. The largest absolute Gasteiger partial charge is 0.506 e. The highest BCUT2D eigenvalue weighted by atomic mass is 32.1. The fraction of sp³-hybridized carbons (Fsp3) is 0.135. The minimum Gasteiger partial charge on any atom is -0.506 e. The van der Waals surface area contributed by atoms with E-state index in [1.54, 1.807) is 18.3 Å². The molecule has 2 aromatic heterocycles. The molecule has 5 aromatic rings. The molecule has 3 N–H and O–H groups in total. The number of ketones is 1. The molecule has 0 saturated carbocycles. The van der Waals surface area contributed by atoms with Gasteiger partial charge >= 0.3 is 0 Å². The minimum absolute atomic E-state index is 0.0316. The molecule has 0 bridgehead atoms. The van der Waals surface area contributed by atoms with E-state index in [2.05, 4.69) is 10.6 Å². The molecule has 2 atom stereocenters. The van der Waals surface area contributed by atoms with Gasteiger partial charge < -0.3 is 25.2 Å². The molecule has 2 aliphatic carbocycles. The smallest absolute Gasteiger partial charge is 0.210 e. The topological polar surface area (TPSA) is 96.9 Å². The lowest BCUT2D eigenvalue weighted by Crippen LogP contribution is -2.44. The number of fused-ring (bicyclic) bond motifs is 1. The second-order valence-corrected chi connectivity index (χ2v) is 13.4. The van der Waals surface area contributed by atoms with Crippen LogP contribution in [0.4, 0.5) is 5.69 Å². The summed E-state index contributed by atoms with van der Waals surface area (Å²) in [5, 5.41) is 27.7. The van der Waals surface area contributed by atoms with Crippen molar-refractivity contribution in [2.45, 2.75) is 31.7 Å².